The predicted molar refractivity (Wildman–Crippen MR) is 276 cm³/mol. The van der Waals surface area contributed by atoms with Crippen LogP contribution in [0.4, 0.5) is 0 Å². The van der Waals surface area contributed by atoms with Crippen LogP contribution in [0.1, 0.15) is 60.6 Å². The first-order chi connectivity index (χ1) is 37.4. The second-order valence-corrected chi connectivity index (χ2v) is 18.3. The Hall–Kier alpha value is -6.89. The molecule has 0 amide bonds. The van der Waals surface area contributed by atoms with Gasteiger partial charge in [0, 0.05) is 13.5 Å². The molecule has 76 heavy (non-hydrogen) atoms. The maximum absolute atomic E-state index is 13.4. The fraction of sp³-hybridized carbons (Fsp3) is 0.328. The van der Waals surface area contributed by atoms with Gasteiger partial charge in [-0.15, -0.1) is 0 Å². The van der Waals surface area contributed by atoms with Crippen LogP contribution in [-0.4, -0.2) is 113 Å². The van der Waals surface area contributed by atoms with E-state index in [1.165, 1.54) is 0 Å². The van der Waals surface area contributed by atoms with Gasteiger partial charge in [0.15, 0.2) is 25.0 Å². The van der Waals surface area contributed by atoms with E-state index in [4.69, 9.17) is 56.8 Å². The molecule has 2 fully saturated rings. The second-order valence-electron chi connectivity index (χ2n) is 18.3. The minimum atomic E-state index is -1.01. The van der Waals surface area contributed by atoms with Crippen molar-refractivity contribution in [3.63, 3.8) is 0 Å². The summed E-state index contributed by atoms with van der Waals surface area (Å²) in [5.41, 5.74) is 3.94. The standard InChI is InChI=1S/C61H62O15/c1-65-61-57(69-38-44-24-12-4-13-25-44)56(68-37-43-22-10-3-11-23-43)55(67-36-42-20-8-2-9-21-42)52(76-61)41-66-53-34-32-48(50(73-53)39-70-58(62)45-26-14-5-15-27-45)72-54-35-33-49(75-60(64)47-30-18-7-19-31-47)51(74-54)40-71-59(63)46-28-16-6-17-29-46/h2-31,33,35,48-57,61H,32,34,36-41H2,1H3/t48-,49-,50+,51+,52+,53-,54-,55+,56-,57+,61-/m0/s1. The molecule has 2 saturated heterocycles. The Kier molecular flexibility index (Phi) is 19.7. The van der Waals surface area contributed by atoms with Gasteiger partial charge in [0.2, 0.25) is 0 Å². The molecule has 0 spiro atoms. The molecule has 15 heteroatoms. The third-order valence-corrected chi connectivity index (χ3v) is 13.0. The van der Waals surface area contributed by atoms with Crippen LogP contribution in [0.25, 0.3) is 0 Å². The number of hydrogen-bond donors (Lipinski definition) is 0. The van der Waals surface area contributed by atoms with E-state index < -0.39 is 85.6 Å². The Labute approximate surface area is 442 Å². The number of methoxy groups -OCH3 is 1. The lowest BCUT2D eigenvalue weighted by atomic mass is 9.97. The highest BCUT2D eigenvalue weighted by Gasteiger charge is 2.49. The van der Waals surface area contributed by atoms with Gasteiger partial charge in [-0.25, -0.2) is 14.4 Å². The molecule has 0 unspecified atom stereocenters. The van der Waals surface area contributed by atoms with Crippen molar-refractivity contribution in [1.29, 1.82) is 0 Å². The van der Waals surface area contributed by atoms with Gasteiger partial charge >= 0.3 is 17.9 Å². The largest absolute Gasteiger partial charge is 0.459 e. The lowest BCUT2D eigenvalue weighted by molar-refractivity contribution is -0.332. The third kappa shape index (κ3) is 15.2. The normalized spacial score (nSPS) is 25.2. The fourth-order valence-corrected chi connectivity index (χ4v) is 9.05. The van der Waals surface area contributed by atoms with E-state index in [-0.39, 0.29) is 39.6 Å². The predicted octanol–water partition coefficient (Wildman–Crippen LogP) is 9.24. The fourth-order valence-electron chi connectivity index (χ4n) is 9.05. The number of benzene rings is 6. The topological polar surface area (TPSA) is 162 Å². The average molecular weight is 1040 g/mol. The van der Waals surface area contributed by atoms with Crippen LogP contribution in [0.2, 0.25) is 0 Å². The van der Waals surface area contributed by atoms with Crippen LogP contribution < -0.4 is 0 Å². The highest BCUT2D eigenvalue weighted by Crippen LogP contribution is 2.33. The Morgan fingerprint density at radius 2 is 0.908 bits per heavy atom. The quantitative estimate of drug-likeness (QED) is 0.0339. The molecule has 11 atom stereocenters. The van der Waals surface area contributed by atoms with Gasteiger partial charge in [0.1, 0.15) is 49.8 Å². The van der Waals surface area contributed by atoms with E-state index in [9.17, 15) is 14.4 Å². The monoisotopic (exact) mass is 1030 g/mol. The molecule has 6 aromatic carbocycles. The molecular formula is C61H62O15. The number of hydrogen-bond acceptors (Lipinski definition) is 15. The minimum Gasteiger partial charge on any atom is -0.459 e. The first kappa shape index (κ1) is 53.9. The number of carbonyl (C=O) groups excluding carboxylic acids is 3. The molecule has 15 nitrogen and oxygen atoms in total. The molecular weight excluding hydrogens is 973 g/mol. The highest BCUT2D eigenvalue weighted by molar-refractivity contribution is 5.90. The molecule has 3 heterocycles. The van der Waals surface area contributed by atoms with Crippen molar-refractivity contribution >= 4 is 17.9 Å². The van der Waals surface area contributed by atoms with Crippen molar-refractivity contribution in [1.82, 2.24) is 0 Å². The summed E-state index contributed by atoms with van der Waals surface area (Å²) in [6, 6.07) is 55.3. The van der Waals surface area contributed by atoms with Crippen LogP contribution in [0, 0.1) is 0 Å². The third-order valence-electron chi connectivity index (χ3n) is 13.0. The Balaban J connectivity index is 0.921. The average Bonchev–Trinajstić information content (AvgIpc) is 3.48. The van der Waals surface area contributed by atoms with Gasteiger partial charge < -0.3 is 56.8 Å². The van der Waals surface area contributed by atoms with Crippen molar-refractivity contribution in [3.05, 3.63) is 228 Å². The smallest absolute Gasteiger partial charge is 0.338 e. The summed E-state index contributed by atoms with van der Waals surface area (Å²) >= 11 is 0. The zero-order valence-electron chi connectivity index (χ0n) is 42.1. The maximum atomic E-state index is 13.4. The SMILES string of the molecule is CO[C@H]1O[C@H](CO[C@@H]2CC[C@H](O[C@@H]3C=C[C@H](OC(=O)c4ccccc4)[C@@H](COC(=O)c4ccccc4)O3)[C@@H](COC(=O)c3ccccc3)O2)[C@@H](OCc2ccccc2)[C@H](OCc2ccccc2)[C@H]1OCc1ccccc1. The molecule has 3 aliphatic rings. The summed E-state index contributed by atoms with van der Waals surface area (Å²) in [5, 5.41) is 0. The molecule has 0 N–H and O–H groups in total. The van der Waals surface area contributed by atoms with Gasteiger partial charge in [-0.1, -0.05) is 146 Å². The summed E-state index contributed by atoms with van der Waals surface area (Å²) in [5.74, 6) is -1.71. The van der Waals surface area contributed by atoms with Crippen LogP contribution in [-0.2, 0) is 76.7 Å². The van der Waals surface area contributed by atoms with E-state index >= 15 is 0 Å². The Morgan fingerprint density at radius 3 is 1.42 bits per heavy atom. The van der Waals surface area contributed by atoms with Crippen molar-refractivity contribution in [2.24, 2.45) is 0 Å². The van der Waals surface area contributed by atoms with Crippen molar-refractivity contribution in [2.75, 3.05) is 26.9 Å². The molecule has 3 aliphatic heterocycles. The van der Waals surface area contributed by atoms with Gasteiger partial charge in [-0.05, 0) is 71.7 Å². The number of esters is 3. The minimum absolute atomic E-state index is 0.0103. The van der Waals surface area contributed by atoms with Crippen LogP contribution in [0.5, 0.6) is 0 Å². The number of carbonyl (C=O) groups is 3. The lowest BCUT2D eigenvalue weighted by Gasteiger charge is -2.46. The first-order valence-electron chi connectivity index (χ1n) is 25.5. The van der Waals surface area contributed by atoms with E-state index in [0.717, 1.165) is 16.7 Å². The van der Waals surface area contributed by atoms with E-state index in [1.807, 2.05) is 97.1 Å². The van der Waals surface area contributed by atoms with Crippen LogP contribution in [0.15, 0.2) is 194 Å². The van der Waals surface area contributed by atoms with Crippen LogP contribution in [0.3, 0.4) is 0 Å². The highest BCUT2D eigenvalue weighted by atomic mass is 16.7. The number of ether oxygens (including phenoxy) is 12. The van der Waals surface area contributed by atoms with Crippen LogP contribution >= 0.6 is 0 Å². The molecule has 0 aromatic heterocycles. The second kappa shape index (κ2) is 27.8. The summed E-state index contributed by atoms with van der Waals surface area (Å²) < 4.78 is 76.6. The summed E-state index contributed by atoms with van der Waals surface area (Å²) in [4.78, 5) is 39.7. The Morgan fingerprint density at radius 1 is 0.447 bits per heavy atom. The molecule has 0 aliphatic carbocycles. The van der Waals surface area contributed by atoms with Gasteiger partial charge in [0.25, 0.3) is 0 Å². The van der Waals surface area contributed by atoms with Crippen molar-refractivity contribution in [2.45, 2.75) is 100 Å². The molecule has 9 rings (SSSR count). The molecule has 6 aromatic rings. The van der Waals surface area contributed by atoms with Crippen molar-refractivity contribution in [3.8, 4) is 0 Å². The van der Waals surface area contributed by atoms with E-state index in [0.29, 0.717) is 29.5 Å². The maximum Gasteiger partial charge on any atom is 0.338 e. The van der Waals surface area contributed by atoms with Crippen molar-refractivity contribution < 1.29 is 71.2 Å². The summed E-state index contributed by atoms with van der Waals surface area (Å²) in [6.45, 7) is 0.312. The van der Waals surface area contributed by atoms with E-state index in [1.54, 1.807) is 104 Å². The van der Waals surface area contributed by atoms with Gasteiger partial charge in [-0.2, -0.15) is 0 Å². The molecule has 0 saturated carbocycles. The van der Waals surface area contributed by atoms with E-state index in [2.05, 4.69) is 0 Å². The molecule has 0 bridgehead atoms. The Bertz CT molecular complexity index is 2720. The lowest BCUT2D eigenvalue weighted by Crippen LogP contribution is -2.61. The summed E-state index contributed by atoms with van der Waals surface area (Å²) in [7, 11) is 1.56. The zero-order chi connectivity index (χ0) is 52.3. The first-order valence-corrected chi connectivity index (χ1v) is 25.5. The zero-order valence-corrected chi connectivity index (χ0v) is 42.1. The molecule has 396 valence electrons. The summed E-state index contributed by atoms with van der Waals surface area (Å²) in [6.07, 6.45) is -5.00. The number of rotatable bonds is 23. The van der Waals surface area contributed by atoms with Gasteiger partial charge in [0.05, 0.1) is 49.2 Å². The molecule has 0 radical (unpaired) electrons. The van der Waals surface area contributed by atoms with Gasteiger partial charge in [-0.3, -0.25) is 0 Å².